The standard InChI is InChI=1S/C12H14N4O2/c1-16-11(13)10(7-14-16)8-3-5-9(6-4-8)15-12(17)18-2/h3-7H,13H2,1-2H3,(H,15,17). The molecular weight excluding hydrogens is 232 g/mol. The van der Waals surface area contributed by atoms with Crippen LogP contribution in [-0.4, -0.2) is 23.0 Å². The zero-order chi connectivity index (χ0) is 13.1. The molecule has 1 aromatic carbocycles. The summed E-state index contributed by atoms with van der Waals surface area (Å²) >= 11 is 0. The van der Waals surface area contributed by atoms with Crippen LogP contribution >= 0.6 is 0 Å². The molecular formula is C12H14N4O2. The molecule has 0 bridgehead atoms. The molecule has 0 aliphatic heterocycles. The van der Waals surface area contributed by atoms with Gasteiger partial charge in [-0.3, -0.25) is 10.00 Å². The smallest absolute Gasteiger partial charge is 0.411 e. The van der Waals surface area contributed by atoms with E-state index in [-0.39, 0.29) is 0 Å². The minimum absolute atomic E-state index is 0.497. The second-order valence-corrected chi connectivity index (χ2v) is 3.76. The topological polar surface area (TPSA) is 82.2 Å². The number of aryl methyl sites for hydroxylation is 1. The first kappa shape index (κ1) is 12.0. The van der Waals surface area contributed by atoms with Crippen molar-refractivity contribution in [3.05, 3.63) is 30.5 Å². The molecule has 0 aliphatic rings. The first-order valence-corrected chi connectivity index (χ1v) is 5.34. The number of methoxy groups -OCH3 is 1. The second kappa shape index (κ2) is 4.79. The lowest BCUT2D eigenvalue weighted by Crippen LogP contribution is -2.10. The number of hydrogen-bond acceptors (Lipinski definition) is 4. The Bertz CT molecular complexity index is 560. The van der Waals surface area contributed by atoms with Crippen LogP contribution in [0.15, 0.2) is 30.5 Å². The number of carbonyl (C=O) groups excluding carboxylic acids is 1. The monoisotopic (exact) mass is 246 g/mol. The van der Waals surface area contributed by atoms with Crippen LogP contribution in [0.25, 0.3) is 11.1 Å². The third-order valence-corrected chi connectivity index (χ3v) is 2.61. The summed E-state index contributed by atoms with van der Waals surface area (Å²) in [5.74, 6) is 0.601. The molecule has 0 radical (unpaired) electrons. The van der Waals surface area contributed by atoms with E-state index in [9.17, 15) is 4.79 Å². The summed E-state index contributed by atoms with van der Waals surface area (Å²) in [6.07, 6.45) is 1.21. The van der Waals surface area contributed by atoms with Crippen LogP contribution in [0.1, 0.15) is 0 Å². The summed E-state index contributed by atoms with van der Waals surface area (Å²) in [7, 11) is 3.10. The van der Waals surface area contributed by atoms with E-state index in [2.05, 4.69) is 15.2 Å². The van der Waals surface area contributed by atoms with Gasteiger partial charge in [0.05, 0.1) is 13.3 Å². The van der Waals surface area contributed by atoms with Gasteiger partial charge in [-0.25, -0.2) is 4.79 Å². The normalized spacial score (nSPS) is 10.1. The Morgan fingerprint density at radius 1 is 1.39 bits per heavy atom. The van der Waals surface area contributed by atoms with Gasteiger partial charge < -0.3 is 10.5 Å². The molecule has 3 N–H and O–H groups in total. The molecule has 1 aromatic heterocycles. The fourth-order valence-corrected chi connectivity index (χ4v) is 1.57. The average Bonchev–Trinajstić information content (AvgIpc) is 2.71. The number of ether oxygens (including phenoxy) is 1. The fraction of sp³-hybridized carbons (Fsp3) is 0.167. The molecule has 0 unspecified atom stereocenters. The van der Waals surface area contributed by atoms with E-state index in [4.69, 9.17) is 5.73 Å². The summed E-state index contributed by atoms with van der Waals surface area (Å²) < 4.78 is 6.12. The van der Waals surface area contributed by atoms with Crippen molar-refractivity contribution >= 4 is 17.6 Å². The van der Waals surface area contributed by atoms with E-state index in [1.807, 2.05) is 12.1 Å². The lowest BCUT2D eigenvalue weighted by atomic mass is 10.1. The van der Waals surface area contributed by atoms with Gasteiger partial charge in [-0.2, -0.15) is 5.10 Å². The van der Waals surface area contributed by atoms with E-state index < -0.39 is 6.09 Å². The van der Waals surface area contributed by atoms with Crippen molar-refractivity contribution in [1.29, 1.82) is 0 Å². The molecule has 1 heterocycles. The largest absolute Gasteiger partial charge is 0.453 e. The lowest BCUT2D eigenvalue weighted by Gasteiger charge is -2.05. The molecule has 0 fully saturated rings. The minimum atomic E-state index is -0.497. The lowest BCUT2D eigenvalue weighted by molar-refractivity contribution is 0.187. The summed E-state index contributed by atoms with van der Waals surface area (Å²) in [4.78, 5) is 11.0. The van der Waals surface area contributed by atoms with Crippen LogP contribution in [0.4, 0.5) is 16.3 Å². The number of hydrogen-bond donors (Lipinski definition) is 2. The number of rotatable bonds is 2. The average molecular weight is 246 g/mol. The first-order chi connectivity index (χ1) is 8.61. The zero-order valence-corrected chi connectivity index (χ0v) is 10.2. The van der Waals surface area contributed by atoms with Gasteiger partial charge in [-0.15, -0.1) is 0 Å². The number of nitrogens with two attached hydrogens (primary N) is 1. The molecule has 6 heteroatoms. The summed E-state index contributed by atoms with van der Waals surface area (Å²) in [6.45, 7) is 0. The predicted octanol–water partition coefficient (Wildman–Crippen LogP) is 1.85. The van der Waals surface area contributed by atoms with Gasteiger partial charge in [0.25, 0.3) is 0 Å². The van der Waals surface area contributed by atoms with Gasteiger partial charge >= 0.3 is 6.09 Å². The Kier molecular flexibility index (Phi) is 3.18. The highest BCUT2D eigenvalue weighted by Gasteiger charge is 2.07. The van der Waals surface area contributed by atoms with Crippen molar-refractivity contribution < 1.29 is 9.53 Å². The summed E-state index contributed by atoms with van der Waals surface area (Å²) in [5, 5.41) is 6.66. The Labute approximate surface area is 104 Å². The van der Waals surface area contributed by atoms with E-state index in [1.165, 1.54) is 7.11 Å². The number of nitrogens with zero attached hydrogens (tertiary/aromatic N) is 2. The van der Waals surface area contributed by atoms with Crippen molar-refractivity contribution in [2.45, 2.75) is 0 Å². The quantitative estimate of drug-likeness (QED) is 0.847. The Balaban J connectivity index is 2.22. The molecule has 0 saturated carbocycles. The predicted molar refractivity (Wildman–Crippen MR) is 69.1 cm³/mol. The second-order valence-electron chi connectivity index (χ2n) is 3.76. The van der Waals surface area contributed by atoms with Crippen LogP contribution in [0.2, 0.25) is 0 Å². The highest BCUT2D eigenvalue weighted by Crippen LogP contribution is 2.26. The Morgan fingerprint density at radius 2 is 2.06 bits per heavy atom. The van der Waals surface area contributed by atoms with Crippen LogP contribution in [0.3, 0.4) is 0 Å². The number of aromatic nitrogens is 2. The molecule has 2 aromatic rings. The van der Waals surface area contributed by atoms with Crippen LogP contribution in [0, 0.1) is 0 Å². The molecule has 0 aliphatic carbocycles. The molecule has 1 amide bonds. The molecule has 0 spiro atoms. The Hall–Kier alpha value is -2.50. The van der Waals surface area contributed by atoms with E-state index in [1.54, 1.807) is 30.1 Å². The number of benzene rings is 1. The maximum Gasteiger partial charge on any atom is 0.411 e. The molecule has 18 heavy (non-hydrogen) atoms. The number of amides is 1. The maximum atomic E-state index is 11.0. The molecule has 0 saturated heterocycles. The van der Waals surface area contributed by atoms with Crippen molar-refractivity contribution in [1.82, 2.24) is 9.78 Å². The van der Waals surface area contributed by atoms with E-state index in [0.717, 1.165) is 11.1 Å². The van der Waals surface area contributed by atoms with Crippen LogP contribution < -0.4 is 11.1 Å². The number of carbonyl (C=O) groups is 1. The molecule has 0 atom stereocenters. The fourth-order valence-electron chi connectivity index (χ4n) is 1.57. The van der Waals surface area contributed by atoms with Gasteiger partial charge in [0.15, 0.2) is 0 Å². The van der Waals surface area contributed by atoms with Gasteiger partial charge in [-0.05, 0) is 17.7 Å². The van der Waals surface area contributed by atoms with Crippen molar-refractivity contribution in [2.24, 2.45) is 7.05 Å². The van der Waals surface area contributed by atoms with Crippen LogP contribution in [0.5, 0.6) is 0 Å². The third-order valence-electron chi connectivity index (χ3n) is 2.61. The molecule has 6 nitrogen and oxygen atoms in total. The van der Waals surface area contributed by atoms with Gasteiger partial charge in [0.1, 0.15) is 5.82 Å². The number of anilines is 2. The van der Waals surface area contributed by atoms with Crippen molar-refractivity contribution in [3.63, 3.8) is 0 Å². The highest BCUT2D eigenvalue weighted by molar-refractivity contribution is 5.85. The van der Waals surface area contributed by atoms with E-state index >= 15 is 0 Å². The maximum absolute atomic E-state index is 11.0. The van der Waals surface area contributed by atoms with Gasteiger partial charge in [-0.1, -0.05) is 12.1 Å². The van der Waals surface area contributed by atoms with E-state index in [0.29, 0.717) is 11.5 Å². The zero-order valence-electron chi connectivity index (χ0n) is 10.2. The summed E-state index contributed by atoms with van der Waals surface area (Å²) in [6, 6.07) is 7.27. The van der Waals surface area contributed by atoms with Gasteiger partial charge in [0.2, 0.25) is 0 Å². The van der Waals surface area contributed by atoms with Crippen molar-refractivity contribution in [2.75, 3.05) is 18.2 Å². The third kappa shape index (κ3) is 2.27. The molecule has 94 valence electrons. The summed E-state index contributed by atoms with van der Waals surface area (Å²) in [5.41, 5.74) is 8.35. The first-order valence-electron chi connectivity index (χ1n) is 5.34. The molecule has 2 rings (SSSR count). The highest BCUT2D eigenvalue weighted by atomic mass is 16.5. The SMILES string of the molecule is COC(=O)Nc1ccc(-c2cnn(C)c2N)cc1. The van der Waals surface area contributed by atoms with Crippen molar-refractivity contribution in [3.8, 4) is 11.1 Å². The number of nitrogen functional groups attached to an aromatic ring is 1. The number of nitrogens with one attached hydrogen (secondary N) is 1. The van der Waals surface area contributed by atoms with Gasteiger partial charge in [0, 0.05) is 18.3 Å². The minimum Gasteiger partial charge on any atom is -0.453 e. The Morgan fingerprint density at radius 3 is 2.56 bits per heavy atom. The van der Waals surface area contributed by atoms with Crippen LogP contribution in [-0.2, 0) is 11.8 Å².